The Morgan fingerprint density at radius 2 is 1.87 bits per heavy atom. The summed E-state index contributed by atoms with van der Waals surface area (Å²) in [6.45, 7) is 0.847. The fourth-order valence-electron chi connectivity index (χ4n) is 2.88. The minimum absolute atomic E-state index is 0.0565. The monoisotopic (exact) mass is 329 g/mol. The zero-order valence-corrected chi connectivity index (χ0v) is 12.6. The first-order chi connectivity index (χ1) is 10.7. The van der Waals surface area contributed by atoms with Gasteiger partial charge in [-0.3, -0.25) is 9.59 Å². The topological polar surface area (TPSA) is 57.6 Å². The second kappa shape index (κ2) is 6.60. The number of amides is 1. The molecule has 2 rings (SSSR count). The van der Waals surface area contributed by atoms with Crippen molar-refractivity contribution >= 4 is 11.9 Å². The molecule has 0 radical (unpaired) electrons. The summed E-state index contributed by atoms with van der Waals surface area (Å²) in [4.78, 5) is 24.3. The summed E-state index contributed by atoms with van der Waals surface area (Å²) in [6, 6.07) is 9.18. The van der Waals surface area contributed by atoms with Crippen LogP contribution in [0.1, 0.15) is 24.8 Å². The maximum absolute atomic E-state index is 12.9. The Labute approximate surface area is 131 Å². The highest BCUT2D eigenvalue weighted by molar-refractivity contribution is 5.79. The molecular weight excluding hydrogens is 311 g/mol. The van der Waals surface area contributed by atoms with Crippen molar-refractivity contribution in [1.29, 1.82) is 0 Å². The molecule has 1 unspecified atom stereocenters. The average Bonchev–Trinajstić information content (AvgIpc) is 2.93. The highest BCUT2D eigenvalue weighted by Gasteiger charge is 2.53. The number of hydrogen-bond donors (Lipinski definition) is 1. The molecule has 7 heteroatoms. The van der Waals surface area contributed by atoms with E-state index in [2.05, 4.69) is 0 Å². The lowest BCUT2D eigenvalue weighted by atomic mass is 9.96. The number of carbonyl (C=O) groups excluding carboxylic acids is 1. The molecule has 1 amide bonds. The average molecular weight is 329 g/mol. The van der Waals surface area contributed by atoms with Crippen LogP contribution in [0.4, 0.5) is 13.2 Å². The smallest absolute Gasteiger partial charge is 0.394 e. The van der Waals surface area contributed by atoms with Crippen molar-refractivity contribution in [2.45, 2.75) is 25.4 Å². The van der Waals surface area contributed by atoms with Gasteiger partial charge in [0.15, 0.2) is 0 Å². The highest BCUT2D eigenvalue weighted by Crippen LogP contribution is 2.38. The zero-order chi connectivity index (χ0) is 17.2. The first-order valence-electron chi connectivity index (χ1n) is 7.32. The van der Waals surface area contributed by atoms with Gasteiger partial charge in [-0.1, -0.05) is 37.3 Å². The van der Waals surface area contributed by atoms with Crippen molar-refractivity contribution in [3.05, 3.63) is 35.9 Å². The SMILES string of the molecule is CC(CC(=O)N1C[C@@H](C(F)(F)F)[C@H](C(=O)O)C1)c1ccccc1. The maximum atomic E-state index is 12.9. The first-order valence-corrected chi connectivity index (χ1v) is 7.32. The maximum Gasteiger partial charge on any atom is 0.394 e. The lowest BCUT2D eigenvalue weighted by Gasteiger charge is -2.20. The molecule has 3 atom stereocenters. The van der Waals surface area contributed by atoms with E-state index in [0.717, 1.165) is 10.5 Å². The Morgan fingerprint density at radius 1 is 1.26 bits per heavy atom. The number of alkyl halides is 3. The van der Waals surface area contributed by atoms with Crippen LogP contribution in [-0.4, -0.2) is 41.1 Å². The normalized spacial score (nSPS) is 22.9. The molecule has 0 saturated carbocycles. The Balaban J connectivity index is 2.04. The quantitative estimate of drug-likeness (QED) is 0.924. The van der Waals surface area contributed by atoms with E-state index < -0.39 is 36.4 Å². The minimum atomic E-state index is -4.62. The number of nitrogens with zero attached hydrogens (tertiary/aromatic N) is 1. The number of benzene rings is 1. The first kappa shape index (κ1) is 17.3. The standard InChI is InChI=1S/C16H18F3NO3/c1-10(11-5-3-2-4-6-11)7-14(21)20-8-12(15(22)23)13(9-20)16(17,18)19/h2-6,10,12-13H,7-9H2,1H3,(H,22,23)/t10?,12-,13-/m1/s1. The molecule has 0 bridgehead atoms. The molecule has 1 fully saturated rings. The number of aliphatic carboxylic acids is 1. The molecule has 126 valence electrons. The second-order valence-corrected chi connectivity index (χ2v) is 5.91. The summed E-state index contributed by atoms with van der Waals surface area (Å²) in [6.07, 6.45) is -4.57. The summed E-state index contributed by atoms with van der Waals surface area (Å²) in [5.74, 6) is -5.70. The summed E-state index contributed by atoms with van der Waals surface area (Å²) in [5, 5.41) is 8.97. The number of carbonyl (C=O) groups is 2. The largest absolute Gasteiger partial charge is 0.481 e. The van der Waals surface area contributed by atoms with Crippen LogP contribution in [0.15, 0.2) is 30.3 Å². The minimum Gasteiger partial charge on any atom is -0.481 e. The molecule has 1 heterocycles. The number of likely N-dealkylation sites (tertiary alicyclic amines) is 1. The van der Waals surface area contributed by atoms with Crippen LogP contribution in [0, 0.1) is 11.8 Å². The molecule has 1 aromatic carbocycles. The van der Waals surface area contributed by atoms with Gasteiger partial charge in [0.1, 0.15) is 0 Å². The number of rotatable bonds is 4. The van der Waals surface area contributed by atoms with Gasteiger partial charge in [-0.15, -0.1) is 0 Å². The van der Waals surface area contributed by atoms with Crippen molar-refractivity contribution in [2.75, 3.05) is 13.1 Å². The number of halogens is 3. The van der Waals surface area contributed by atoms with Crippen molar-refractivity contribution in [2.24, 2.45) is 11.8 Å². The predicted molar refractivity (Wildman–Crippen MR) is 76.7 cm³/mol. The van der Waals surface area contributed by atoms with E-state index in [1.165, 1.54) is 0 Å². The van der Waals surface area contributed by atoms with E-state index >= 15 is 0 Å². The van der Waals surface area contributed by atoms with E-state index in [0.29, 0.717) is 0 Å². The molecule has 4 nitrogen and oxygen atoms in total. The Kier molecular flexibility index (Phi) is 4.97. The van der Waals surface area contributed by atoms with E-state index in [1.807, 2.05) is 37.3 Å². The summed E-state index contributed by atoms with van der Waals surface area (Å²) < 4.78 is 38.8. The molecule has 1 aromatic rings. The molecule has 0 aliphatic carbocycles. The van der Waals surface area contributed by atoms with E-state index in [1.54, 1.807) is 0 Å². The third-order valence-electron chi connectivity index (χ3n) is 4.26. The highest BCUT2D eigenvalue weighted by atomic mass is 19.4. The van der Waals surface area contributed by atoms with Crippen LogP contribution in [-0.2, 0) is 9.59 Å². The third-order valence-corrected chi connectivity index (χ3v) is 4.26. The van der Waals surface area contributed by atoms with E-state index in [-0.39, 0.29) is 18.9 Å². The third kappa shape index (κ3) is 4.03. The van der Waals surface area contributed by atoms with Gasteiger partial charge >= 0.3 is 12.1 Å². The van der Waals surface area contributed by atoms with Crippen LogP contribution >= 0.6 is 0 Å². The lowest BCUT2D eigenvalue weighted by molar-refractivity contribution is -0.188. The fraction of sp³-hybridized carbons (Fsp3) is 0.500. The Hall–Kier alpha value is -2.05. The summed E-state index contributed by atoms with van der Waals surface area (Å²) in [5.41, 5.74) is 0.919. The van der Waals surface area contributed by atoms with Gasteiger partial charge in [0.25, 0.3) is 0 Å². The van der Waals surface area contributed by atoms with Crippen molar-refractivity contribution in [1.82, 2.24) is 4.90 Å². The van der Waals surface area contributed by atoms with Crippen molar-refractivity contribution in [3.63, 3.8) is 0 Å². The Bertz CT molecular complexity index is 574. The molecule has 0 aromatic heterocycles. The lowest BCUT2D eigenvalue weighted by Crippen LogP contribution is -2.34. The van der Waals surface area contributed by atoms with Crippen LogP contribution in [0.2, 0.25) is 0 Å². The van der Waals surface area contributed by atoms with Gasteiger partial charge in [0.2, 0.25) is 5.91 Å². The zero-order valence-electron chi connectivity index (χ0n) is 12.6. The molecule has 0 spiro atoms. The van der Waals surface area contributed by atoms with Crippen molar-refractivity contribution in [3.8, 4) is 0 Å². The molecular formula is C16H18F3NO3. The Morgan fingerprint density at radius 3 is 2.35 bits per heavy atom. The van der Waals surface area contributed by atoms with E-state index in [4.69, 9.17) is 5.11 Å². The predicted octanol–water partition coefficient (Wildman–Crippen LogP) is 2.90. The summed E-state index contributed by atoms with van der Waals surface area (Å²) in [7, 11) is 0. The fourth-order valence-corrected chi connectivity index (χ4v) is 2.88. The number of hydrogen-bond acceptors (Lipinski definition) is 2. The summed E-state index contributed by atoms with van der Waals surface area (Å²) >= 11 is 0. The van der Waals surface area contributed by atoms with Crippen LogP contribution in [0.3, 0.4) is 0 Å². The molecule has 1 saturated heterocycles. The van der Waals surface area contributed by atoms with Gasteiger partial charge in [0.05, 0.1) is 11.8 Å². The molecule has 1 aliphatic heterocycles. The molecule has 1 aliphatic rings. The number of carboxylic acid groups (broad SMARTS) is 1. The van der Waals surface area contributed by atoms with Crippen LogP contribution < -0.4 is 0 Å². The van der Waals surface area contributed by atoms with Gasteiger partial charge < -0.3 is 10.0 Å². The van der Waals surface area contributed by atoms with Gasteiger partial charge in [0, 0.05) is 19.5 Å². The van der Waals surface area contributed by atoms with Crippen molar-refractivity contribution < 1.29 is 27.9 Å². The second-order valence-electron chi connectivity index (χ2n) is 5.91. The van der Waals surface area contributed by atoms with Gasteiger partial charge in [-0.25, -0.2) is 0 Å². The van der Waals surface area contributed by atoms with Gasteiger partial charge in [-0.2, -0.15) is 13.2 Å². The van der Waals surface area contributed by atoms with E-state index in [9.17, 15) is 22.8 Å². The van der Waals surface area contributed by atoms with Crippen LogP contribution in [0.25, 0.3) is 0 Å². The molecule has 1 N–H and O–H groups in total. The van der Waals surface area contributed by atoms with Crippen LogP contribution in [0.5, 0.6) is 0 Å². The number of carboxylic acids is 1. The molecule has 23 heavy (non-hydrogen) atoms. The van der Waals surface area contributed by atoms with Gasteiger partial charge in [-0.05, 0) is 11.5 Å².